The van der Waals surface area contributed by atoms with Crippen LogP contribution in [0.1, 0.15) is 169 Å². The van der Waals surface area contributed by atoms with E-state index in [1.165, 1.54) is 84.1 Å². The van der Waals surface area contributed by atoms with E-state index >= 15 is 0 Å². The van der Waals surface area contributed by atoms with Crippen molar-refractivity contribution >= 4 is 11.9 Å². The lowest BCUT2D eigenvalue weighted by molar-refractivity contribution is -0.154. The predicted molar refractivity (Wildman–Crippen MR) is 247 cm³/mol. The first-order valence-corrected chi connectivity index (χ1v) is 25.2. The van der Waals surface area contributed by atoms with Crippen LogP contribution in [0, 0.1) is 11.8 Å². The fraction of sp³-hybridized carbons (Fsp3) is 0.959. The summed E-state index contributed by atoms with van der Waals surface area (Å²) in [5.74, 6) is -1.07. The minimum Gasteiger partial charge on any atom is -0.465 e. The minimum atomic E-state index is -0.352. The van der Waals surface area contributed by atoms with Crippen LogP contribution in [0.3, 0.4) is 0 Å². The van der Waals surface area contributed by atoms with Crippen LogP contribution < -0.4 is 0 Å². The maximum atomic E-state index is 12.9. The number of ether oxygens (including phenoxy) is 6. The Morgan fingerprint density at radius 2 is 0.783 bits per heavy atom. The molecule has 1 heterocycles. The summed E-state index contributed by atoms with van der Waals surface area (Å²) in [5, 5.41) is 0. The standard InChI is InChI=1S/C49H97N3O8/c1-6-10-14-24-38-57-44-46(42-55-36-12-8-3)48(53)59-40-26-18-16-20-28-51(30-22-23-31-52-34-32-50(5)33-35-52)29-21-17-19-27-41-60-49(54)47(43-56-37-13-9-4)45-58-39-25-15-11-7-2/h46-47H,6-45H2,1-5H3. The molecule has 0 amide bonds. The van der Waals surface area contributed by atoms with Gasteiger partial charge in [0, 0.05) is 52.6 Å². The Morgan fingerprint density at radius 3 is 1.20 bits per heavy atom. The van der Waals surface area contributed by atoms with Crippen LogP contribution in [0.4, 0.5) is 0 Å². The molecule has 356 valence electrons. The Kier molecular flexibility index (Phi) is 40.6. The molecule has 1 aliphatic heterocycles. The topological polar surface area (TPSA) is 99.2 Å². The van der Waals surface area contributed by atoms with Gasteiger partial charge in [-0.3, -0.25) is 9.59 Å². The van der Waals surface area contributed by atoms with E-state index in [1.807, 2.05) is 0 Å². The Morgan fingerprint density at radius 1 is 0.433 bits per heavy atom. The second kappa shape index (κ2) is 42.9. The van der Waals surface area contributed by atoms with E-state index in [9.17, 15) is 9.59 Å². The third-order valence-electron chi connectivity index (χ3n) is 11.5. The molecule has 1 fully saturated rings. The number of esters is 2. The number of likely N-dealkylation sites (N-methyl/N-ethyl adjacent to an activating group) is 1. The van der Waals surface area contributed by atoms with Crippen LogP contribution in [0.25, 0.3) is 0 Å². The molecule has 1 saturated heterocycles. The Hall–Kier alpha value is -1.34. The summed E-state index contributed by atoms with van der Waals surface area (Å²) in [6, 6.07) is 0. The molecule has 2 unspecified atom stereocenters. The SMILES string of the molecule is CCCCCCOCC(COCCCC)C(=O)OCCCCCCN(CCCCCCOC(=O)C(COCCCC)COCCCCCC)CCCCN1CCN(C)CC1. The van der Waals surface area contributed by atoms with Gasteiger partial charge in [0.25, 0.3) is 0 Å². The molecule has 0 spiro atoms. The number of unbranched alkanes of at least 4 members (excludes halogenated alkanes) is 15. The normalized spacial score (nSPS) is 14.8. The minimum absolute atomic E-state index is 0.185. The molecule has 0 aliphatic carbocycles. The average molecular weight is 856 g/mol. The molecule has 1 rings (SSSR count). The van der Waals surface area contributed by atoms with Crippen LogP contribution in [0.5, 0.6) is 0 Å². The number of hydrogen-bond acceptors (Lipinski definition) is 11. The van der Waals surface area contributed by atoms with E-state index in [2.05, 4.69) is 49.4 Å². The summed E-state index contributed by atoms with van der Waals surface area (Å²) in [5.41, 5.74) is 0. The summed E-state index contributed by atoms with van der Waals surface area (Å²) in [6.45, 7) is 23.1. The van der Waals surface area contributed by atoms with E-state index in [0.717, 1.165) is 110 Å². The maximum absolute atomic E-state index is 12.9. The lowest BCUT2D eigenvalue weighted by Crippen LogP contribution is -2.44. The van der Waals surface area contributed by atoms with Gasteiger partial charge in [-0.25, -0.2) is 0 Å². The van der Waals surface area contributed by atoms with Crippen molar-refractivity contribution in [3.05, 3.63) is 0 Å². The van der Waals surface area contributed by atoms with Crippen molar-refractivity contribution in [2.75, 3.05) is 125 Å². The molecular weight excluding hydrogens is 759 g/mol. The molecule has 0 N–H and O–H groups in total. The number of hydrogen-bond donors (Lipinski definition) is 0. The first kappa shape index (κ1) is 56.7. The first-order chi connectivity index (χ1) is 29.4. The summed E-state index contributed by atoms with van der Waals surface area (Å²) in [4.78, 5) is 33.6. The molecule has 11 nitrogen and oxygen atoms in total. The number of carbonyl (C=O) groups is 2. The fourth-order valence-electron chi connectivity index (χ4n) is 7.27. The van der Waals surface area contributed by atoms with Crippen molar-refractivity contribution in [3.63, 3.8) is 0 Å². The van der Waals surface area contributed by atoms with Gasteiger partial charge in [-0.05, 0) is 97.4 Å². The van der Waals surface area contributed by atoms with Gasteiger partial charge in [-0.1, -0.05) is 105 Å². The molecule has 0 aromatic carbocycles. The average Bonchev–Trinajstić information content (AvgIpc) is 3.25. The van der Waals surface area contributed by atoms with Crippen LogP contribution in [-0.2, 0) is 38.0 Å². The van der Waals surface area contributed by atoms with E-state index in [1.54, 1.807) is 0 Å². The number of carbonyl (C=O) groups excluding carboxylic acids is 2. The molecule has 0 saturated carbocycles. The molecule has 0 bridgehead atoms. The third-order valence-corrected chi connectivity index (χ3v) is 11.5. The zero-order valence-electron chi connectivity index (χ0n) is 40.0. The first-order valence-electron chi connectivity index (χ1n) is 25.2. The van der Waals surface area contributed by atoms with Gasteiger partial charge >= 0.3 is 11.9 Å². The molecule has 0 aromatic rings. The van der Waals surface area contributed by atoms with Crippen molar-refractivity contribution in [1.82, 2.24) is 14.7 Å². The van der Waals surface area contributed by atoms with E-state index < -0.39 is 0 Å². The van der Waals surface area contributed by atoms with Crippen molar-refractivity contribution in [2.24, 2.45) is 11.8 Å². The van der Waals surface area contributed by atoms with Crippen LogP contribution >= 0.6 is 0 Å². The lowest BCUT2D eigenvalue weighted by atomic mass is 10.1. The zero-order chi connectivity index (χ0) is 43.6. The van der Waals surface area contributed by atoms with E-state index in [4.69, 9.17) is 28.4 Å². The van der Waals surface area contributed by atoms with Gasteiger partial charge in [0.05, 0.1) is 39.6 Å². The van der Waals surface area contributed by atoms with Crippen LogP contribution in [0.2, 0.25) is 0 Å². The lowest BCUT2D eigenvalue weighted by Gasteiger charge is -2.32. The highest BCUT2D eigenvalue weighted by Gasteiger charge is 2.22. The third kappa shape index (κ3) is 34.2. The van der Waals surface area contributed by atoms with Gasteiger partial charge in [0.2, 0.25) is 0 Å². The highest BCUT2D eigenvalue weighted by molar-refractivity contribution is 5.73. The zero-order valence-corrected chi connectivity index (χ0v) is 40.0. The summed E-state index contributed by atoms with van der Waals surface area (Å²) in [7, 11) is 2.22. The second-order valence-electron chi connectivity index (χ2n) is 17.4. The predicted octanol–water partition coefficient (Wildman–Crippen LogP) is 9.58. The highest BCUT2D eigenvalue weighted by atomic mass is 16.5. The van der Waals surface area contributed by atoms with Crippen LogP contribution in [-0.4, -0.2) is 152 Å². The van der Waals surface area contributed by atoms with Gasteiger partial charge in [0.15, 0.2) is 0 Å². The van der Waals surface area contributed by atoms with E-state index in [-0.39, 0.29) is 23.8 Å². The maximum Gasteiger partial charge on any atom is 0.313 e. The second-order valence-corrected chi connectivity index (χ2v) is 17.4. The smallest absolute Gasteiger partial charge is 0.313 e. The molecule has 60 heavy (non-hydrogen) atoms. The van der Waals surface area contributed by atoms with Crippen molar-refractivity contribution in [1.29, 1.82) is 0 Å². The molecule has 2 atom stereocenters. The number of rotatable bonds is 45. The Balaban J connectivity index is 2.43. The van der Waals surface area contributed by atoms with Crippen molar-refractivity contribution in [2.45, 2.75) is 169 Å². The Labute approximate surface area is 370 Å². The highest BCUT2D eigenvalue weighted by Crippen LogP contribution is 2.12. The molecule has 1 aliphatic rings. The number of piperazine rings is 1. The molecular formula is C49H97N3O8. The van der Waals surface area contributed by atoms with Gasteiger partial charge in [-0.15, -0.1) is 0 Å². The molecule has 11 heteroatoms. The summed E-state index contributed by atoms with van der Waals surface area (Å²) in [6.07, 6.45) is 24.4. The monoisotopic (exact) mass is 856 g/mol. The van der Waals surface area contributed by atoms with Crippen LogP contribution in [0.15, 0.2) is 0 Å². The number of nitrogens with zero attached hydrogens (tertiary/aromatic N) is 3. The molecule has 0 radical (unpaired) electrons. The van der Waals surface area contributed by atoms with Crippen molar-refractivity contribution in [3.8, 4) is 0 Å². The summed E-state index contributed by atoms with van der Waals surface area (Å²) < 4.78 is 34.8. The van der Waals surface area contributed by atoms with Gasteiger partial charge in [-0.2, -0.15) is 0 Å². The largest absolute Gasteiger partial charge is 0.465 e. The van der Waals surface area contributed by atoms with Crippen molar-refractivity contribution < 1.29 is 38.0 Å². The van der Waals surface area contributed by atoms with Gasteiger partial charge in [0.1, 0.15) is 11.8 Å². The van der Waals surface area contributed by atoms with E-state index in [0.29, 0.717) is 66.1 Å². The quantitative estimate of drug-likeness (QED) is 0.0433. The molecule has 0 aromatic heterocycles. The Bertz CT molecular complexity index is 880. The summed E-state index contributed by atoms with van der Waals surface area (Å²) >= 11 is 0. The van der Waals surface area contributed by atoms with Gasteiger partial charge < -0.3 is 43.1 Å². The fourth-order valence-corrected chi connectivity index (χ4v) is 7.27.